The minimum atomic E-state index is -0.981. The van der Waals surface area contributed by atoms with Crippen molar-refractivity contribution in [2.45, 2.75) is 60.3 Å². The molecule has 40 heavy (non-hydrogen) atoms. The summed E-state index contributed by atoms with van der Waals surface area (Å²) < 4.78 is 18.2. The maximum Gasteiger partial charge on any atom is 0.333 e. The minimum absolute atomic E-state index is 0.0473. The lowest BCUT2D eigenvalue weighted by molar-refractivity contribution is -0.140. The van der Waals surface area contributed by atoms with E-state index in [2.05, 4.69) is 54.0 Å². The molecule has 0 aromatic rings. The lowest BCUT2D eigenvalue weighted by atomic mass is 10.3. The van der Waals surface area contributed by atoms with E-state index in [4.69, 9.17) is 14.9 Å². The van der Waals surface area contributed by atoms with Crippen molar-refractivity contribution in [2.24, 2.45) is 0 Å². The van der Waals surface area contributed by atoms with E-state index in [1.165, 1.54) is 13.2 Å². The van der Waals surface area contributed by atoms with Crippen LogP contribution in [0.25, 0.3) is 0 Å². The third-order valence-electron chi connectivity index (χ3n) is 3.37. The van der Waals surface area contributed by atoms with Gasteiger partial charge in [-0.2, -0.15) is 0 Å². The summed E-state index contributed by atoms with van der Waals surface area (Å²) in [5, 5.41) is 15.8. The number of carboxylic acid groups (broad SMARTS) is 1. The third kappa shape index (κ3) is 47.2. The number of carboxylic acids is 1. The van der Waals surface area contributed by atoms with Gasteiger partial charge in [0.25, 0.3) is 0 Å². The van der Waals surface area contributed by atoms with Crippen molar-refractivity contribution in [3.05, 3.63) is 61.8 Å². The smallest absolute Gasteiger partial charge is 0.333 e. The molecular weight excluding hydrogens is 524 g/mol. The molecule has 0 aromatic heterocycles. The number of carbonyl (C=O) groups excluding carboxylic acids is 4. The van der Waals surface area contributed by atoms with Crippen LogP contribution in [0.4, 0.5) is 0 Å². The van der Waals surface area contributed by atoms with Gasteiger partial charge in [-0.1, -0.05) is 59.6 Å². The van der Waals surface area contributed by atoms with E-state index in [1.54, 1.807) is 20.8 Å². The number of carbonyl (C=O) groups is 5. The van der Waals surface area contributed by atoms with Crippen molar-refractivity contribution < 1.29 is 53.1 Å². The second kappa shape index (κ2) is 35.0. The van der Waals surface area contributed by atoms with E-state index in [1.807, 2.05) is 6.92 Å². The highest BCUT2D eigenvalue weighted by Gasteiger charge is 2.01. The second-order valence-corrected chi connectivity index (χ2v) is 7.45. The molecule has 11 nitrogen and oxygen atoms in total. The van der Waals surface area contributed by atoms with E-state index in [-0.39, 0.29) is 31.1 Å². The van der Waals surface area contributed by atoms with Gasteiger partial charge in [0.1, 0.15) is 6.61 Å². The number of hydrogen-bond donors (Lipinski definition) is 2. The zero-order valence-corrected chi connectivity index (χ0v) is 24.9. The van der Waals surface area contributed by atoms with Crippen LogP contribution in [-0.2, 0) is 42.9 Å². The first-order chi connectivity index (χ1) is 18.6. The molecular formula is C29H48O11. The third-order valence-corrected chi connectivity index (χ3v) is 3.37. The fourth-order valence-corrected chi connectivity index (χ4v) is 1.24. The number of esters is 4. The Labute approximate surface area is 238 Å². The highest BCUT2D eigenvalue weighted by Crippen LogP contribution is 1.94. The van der Waals surface area contributed by atoms with Crippen molar-refractivity contribution in [3.8, 4) is 0 Å². The minimum Gasteiger partial charge on any atom is -0.478 e. The highest BCUT2D eigenvalue weighted by molar-refractivity contribution is 5.87. The first kappa shape index (κ1) is 45.9. The Morgan fingerprint density at radius 2 is 1.02 bits per heavy atom. The van der Waals surface area contributed by atoms with E-state index >= 15 is 0 Å². The molecule has 0 aliphatic heterocycles. The van der Waals surface area contributed by atoms with Gasteiger partial charge >= 0.3 is 29.8 Å². The first-order valence-electron chi connectivity index (χ1n) is 12.3. The molecule has 0 atom stereocenters. The molecule has 0 saturated carbocycles. The Bertz CT molecular complexity index is 794. The van der Waals surface area contributed by atoms with Crippen molar-refractivity contribution in [1.82, 2.24) is 0 Å². The molecule has 0 unspecified atom stereocenters. The zero-order valence-electron chi connectivity index (χ0n) is 24.9. The highest BCUT2D eigenvalue weighted by atomic mass is 16.5. The van der Waals surface area contributed by atoms with Gasteiger partial charge in [0, 0.05) is 28.9 Å². The molecule has 230 valence electrons. The zero-order chi connectivity index (χ0) is 32.5. The summed E-state index contributed by atoms with van der Waals surface area (Å²) >= 11 is 0. The molecule has 0 rings (SSSR count). The SMILES string of the molecule is C=C(C)C(=O)OC.C=C(C)C(=O)OCCCC.C=C(C)C(=O)OCCO.C=CC(=O)O.C=CC(=O)OCCCC. The van der Waals surface area contributed by atoms with Gasteiger partial charge in [0.2, 0.25) is 0 Å². The van der Waals surface area contributed by atoms with Crippen molar-refractivity contribution >= 4 is 29.8 Å². The van der Waals surface area contributed by atoms with Gasteiger partial charge in [-0.05, 0) is 33.6 Å². The van der Waals surface area contributed by atoms with Crippen LogP contribution < -0.4 is 0 Å². The largest absolute Gasteiger partial charge is 0.478 e. The topological polar surface area (TPSA) is 163 Å². The summed E-state index contributed by atoms with van der Waals surface area (Å²) in [7, 11) is 1.33. The van der Waals surface area contributed by atoms with E-state index in [0.717, 1.165) is 31.8 Å². The van der Waals surface area contributed by atoms with Crippen LogP contribution in [0.3, 0.4) is 0 Å². The summed E-state index contributed by atoms with van der Waals surface area (Å²) in [5.74, 6) is -2.40. The van der Waals surface area contributed by atoms with Gasteiger partial charge < -0.3 is 29.2 Å². The summed E-state index contributed by atoms with van der Waals surface area (Å²) in [6.45, 7) is 26.2. The molecule has 0 fully saturated rings. The van der Waals surface area contributed by atoms with Gasteiger partial charge in [0.05, 0.1) is 26.9 Å². The molecule has 0 aliphatic rings. The Morgan fingerprint density at radius 3 is 1.25 bits per heavy atom. The Balaban J connectivity index is -0.000000130. The predicted octanol–water partition coefficient (Wildman–Crippen LogP) is 4.51. The quantitative estimate of drug-likeness (QED) is 0.138. The van der Waals surface area contributed by atoms with Gasteiger partial charge in [-0.15, -0.1) is 0 Å². The molecule has 0 bridgehead atoms. The number of methoxy groups -OCH3 is 1. The standard InChI is InChI=1S/C8H14O2.C7H12O2.C6H10O3.C5H8O2.C3H4O2/c1-4-5-6-10-8(9)7(2)3;1-3-5-6-9-7(8)4-2;1-5(2)6(8)9-4-3-7;1-4(2)5(6)7-3;1-2-3(4)5/h2,4-6H2,1,3H3;4H,2-3,5-6H2,1H3;7H,1,3-4H2,2H3;1H2,2-3H3;2H,1H2,(H,4,5). The number of unbranched alkanes of at least 4 members (excludes halogenated alkanes) is 2. The van der Waals surface area contributed by atoms with Crippen LogP contribution in [0, 0.1) is 0 Å². The van der Waals surface area contributed by atoms with Crippen LogP contribution in [0.15, 0.2) is 61.8 Å². The van der Waals surface area contributed by atoms with Crippen molar-refractivity contribution in [2.75, 3.05) is 33.5 Å². The monoisotopic (exact) mass is 572 g/mol. The normalized spacial score (nSPS) is 8.28. The van der Waals surface area contributed by atoms with Gasteiger partial charge in [-0.25, -0.2) is 24.0 Å². The van der Waals surface area contributed by atoms with Crippen LogP contribution in [0.1, 0.15) is 60.3 Å². The lowest BCUT2D eigenvalue weighted by Gasteiger charge is -2.01. The lowest BCUT2D eigenvalue weighted by Crippen LogP contribution is -2.08. The molecule has 2 N–H and O–H groups in total. The molecule has 0 saturated heterocycles. The summed E-state index contributed by atoms with van der Waals surface area (Å²) in [4.78, 5) is 51.0. The Kier molecular flexibility index (Phi) is 40.2. The van der Waals surface area contributed by atoms with Crippen molar-refractivity contribution in [3.63, 3.8) is 0 Å². The second-order valence-electron chi connectivity index (χ2n) is 7.45. The van der Waals surface area contributed by atoms with E-state index in [0.29, 0.717) is 29.9 Å². The number of aliphatic hydroxyl groups is 1. The number of aliphatic carboxylic acids is 1. The van der Waals surface area contributed by atoms with Crippen LogP contribution in [-0.4, -0.2) is 73.6 Å². The fraction of sp³-hybridized carbons (Fsp3) is 0.483. The number of aliphatic hydroxyl groups excluding tert-OH is 1. The first-order valence-corrected chi connectivity index (χ1v) is 12.3. The summed E-state index contributed by atoms with van der Waals surface area (Å²) in [5.41, 5.74) is 1.25. The van der Waals surface area contributed by atoms with Gasteiger partial charge in [-0.3, -0.25) is 0 Å². The van der Waals surface area contributed by atoms with Crippen LogP contribution in [0.5, 0.6) is 0 Å². The van der Waals surface area contributed by atoms with Crippen LogP contribution >= 0.6 is 0 Å². The Hall–Kier alpha value is -3.99. The number of hydrogen-bond acceptors (Lipinski definition) is 10. The fourth-order valence-electron chi connectivity index (χ4n) is 1.24. The van der Waals surface area contributed by atoms with Crippen LogP contribution in [0.2, 0.25) is 0 Å². The molecule has 0 radical (unpaired) electrons. The van der Waals surface area contributed by atoms with E-state index < -0.39 is 11.9 Å². The summed E-state index contributed by atoms with van der Waals surface area (Å²) in [6.07, 6.45) is 5.96. The average Bonchev–Trinajstić information content (AvgIpc) is 2.92. The average molecular weight is 573 g/mol. The maximum absolute atomic E-state index is 10.7. The molecule has 0 heterocycles. The molecule has 11 heteroatoms. The molecule has 0 amide bonds. The molecule has 0 aromatic carbocycles. The molecule has 0 spiro atoms. The number of rotatable bonds is 13. The maximum atomic E-state index is 10.7. The summed E-state index contributed by atoms with van der Waals surface area (Å²) in [6, 6.07) is 0. The van der Waals surface area contributed by atoms with E-state index in [9.17, 15) is 24.0 Å². The number of ether oxygens (including phenoxy) is 4. The van der Waals surface area contributed by atoms with Crippen molar-refractivity contribution in [1.29, 1.82) is 0 Å². The van der Waals surface area contributed by atoms with Gasteiger partial charge in [0.15, 0.2) is 0 Å². The Morgan fingerprint density at radius 1 is 0.675 bits per heavy atom. The molecule has 0 aliphatic carbocycles. The predicted molar refractivity (Wildman–Crippen MR) is 154 cm³/mol.